The zero-order valence-electron chi connectivity index (χ0n) is 10.3. The lowest BCUT2D eigenvalue weighted by atomic mass is 10.1. The fourth-order valence-electron chi connectivity index (χ4n) is 1.80. The van der Waals surface area contributed by atoms with Crippen LogP contribution >= 0.6 is 0 Å². The Hall–Kier alpha value is -1.68. The first-order valence-corrected chi connectivity index (χ1v) is 5.90. The standard InChI is InChI=1S/C13H18N4/c1-11-4-3-5-13(10-11)12(2)14-6-8-17-9-7-15-16-17/h3-5,7,9-10,12,14H,6,8H2,1-2H3. The van der Waals surface area contributed by atoms with Crippen LogP contribution in [0.3, 0.4) is 0 Å². The average Bonchev–Trinajstić information content (AvgIpc) is 2.82. The lowest BCUT2D eigenvalue weighted by molar-refractivity contribution is 0.499. The molecule has 0 spiro atoms. The van der Waals surface area contributed by atoms with Gasteiger partial charge in [0.1, 0.15) is 0 Å². The van der Waals surface area contributed by atoms with E-state index in [1.807, 2.05) is 10.9 Å². The van der Waals surface area contributed by atoms with Crippen LogP contribution in [-0.2, 0) is 6.54 Å². The number of nitrogens with one attached hydrogen (secondary N) is 1. The minimum atomic E-state index is 0.360. The van der Waals surface area contributed by atoms with Gasteiger partial charge in [0.05, 0.1) is 12.7 Å². The quantitative estimate of drug-likeness (QED) is 0.853. The van der Waals surface area contributed by atoms with E-state index in [1.54, 1.807) is 6.20 Å². The van der Waals surface area contributed by atoms with Crippen LogP contribution in [0, 0.1) is 6.92 Å². The zero-order valence-corrected chi connectivity index (χ0v) is 10.3. The highest BCUT2D eigenvalue weighted by Gasteiger charge is 2.04. The van der Waals surface area contributed by atoms with Gasteiger partial charge in [-0.25, -0.2) is 0 Å². The number of benzene rings is 1. The van der Waals surface area contributed by atoms with E-state index in [2.05, 4.69) is 53.7 Å². The molecule has 1 aromatic carbocycles. The molecule has 0 fully saturated rings. The van der Waals surface area contributed by atoms with Crippen molar-refractivity contribution >= 4 is 0 Å². The Balaban J connectivity index is 1.83. The Morgan fingerprint density at radius 1 is 1.41 bits per heavy atom. The van der Waals surface area contributed by atoms with Gasteiger partial charge in [-0.1, -0.05) is 35.0 Å². The predicted molar refractivity (Wildman–Crippen MR) is 67.6 cm³/mol. The normalized spacial score (nSPS) is 12.6. The number of nitrogens with zero attached hydrogens (tertiary/aromatic N) is 3. The third-order valence-corrected chi connectivity index (χ3v) is 2.81. The summed E-state index contributed by atoms with van der Waals surface area (Å²) in [5, 5.41) is 11.2. The van der Waals surface area contributed by atoms with Gasteiger partial charge in [-0.2, -0.15) is 0 Å². The fraction of sp³-hybridized carbons (Fsp3) is 0.385. The van der Waals surface area contributed by atoms with Crippen molar-refractivity contribution in [3.05, 3.63) is 47.8 Å². The van der Waals surface area contributed by atoms with Crippen molar-refractivity contribution in [2.24, 2.45) is 0 Å². The van der Waals surface area contributed by atoms with Crippen LogP contribution in [0.2, 0.25) is 0 Å². The minimum absolute atomic E-state index is 0.360. The molecule has 1 aromatic heterocycles. The van der Waals surface area contributed by atoms with E-state index >= 15 is 0 Å². The largest absolute Gasteiger partial charge is 0.308 e. The Bertz CT molecular complexity index is 450. The molecule has 1 N–H and O–H groups in total. The highest BCUT2D eigenvalue weighted by Crippen LogP contribution is 2.13. The number of hydrogen-bond acceptors (Lipinski definition) is 3. The van der Waals surface area contributed by atoms with Crippen molar-refractivity contribution in [1.82, 2.24) is 20.3 Å². The second-order valence-electron chi connectivity index (χ2n) is 4.26. The van der Waals surface area contributed by atoms with Gasteiger partial charge < -0.3 is 5.32 Å². The Kier molecular flexibility index (Phi) is 3.88. The maximum atomic E-state index is 3.93. The van der Waals surface area contributed by atoms with E-state index in [0.717, 1.165) is 13.1 Å². The summed E-state index contributed by atoms with van der Waals surface area (Å²) in [4.78, 5) is 0. The zero-order chi connectivity index (χ0) is 12.1. The molecule has 17 heavy (non-hydrogen) atoms. The molecule has 90 valence electrons. The van der Waals surface area contributed by atoms with Crippen molar-refractivity contribution < 1.29 is 0 Å². The summed E-state index contributed by atoms with van der Waals surface area (Å²) in [5.74, 6) is 0. The molecule has 0 saturated heterocycles. The van der Waals surface area contributed by atoms with Crippen molar-refractivity contribution in [3.63, 3.8) is 0 Å². The van der Waals surface area contributed by atoms with Gasteiger partial charge in [0, 0.05) is 18.8 Å². The Labute approximate surface area is 102 Å². The molecule has 0 bridgehead atoms. The summed E-state index contributed by atoms with van der Waals surface area (Å²) in [6.07, 6.45) is 3.57. The molecular weight excluding hydrogens is 212 g/mol. The Morgan fingerprint density at radius 3 is 3.00 bits per heavy atom. The van der Waals surface area contributed by atoms with Crippen LogP contribution in [-0.4, -0.2) is 21.5 Å². The van der Waals surface area contributed by atoms with Crippen molar-refractivity contribution in [2.45, 2.75) is 26.4 Å². The predicted octanol–water partition coefficient (Wildman–Crippen LogP) is 1.94. The number of aromatic nitrogens is 3. The molecule has 1 atom stereocenters. The van der Waals surface area contributed by atoms with Gasteiger partial charge in [0.25, 0.3) is 0 Å². The summed E-state index contributed by atoms with van der Waals surface area (Å²) >= 11 is 0. The molecular formula is C13H18N4. The fourth-order valence-corrected chi connectivity index (χ4v) is 1.80. The molecule has 0 radical (unpaired) electrons. The lowest BCUT2D eigenvalue weighted by Gasteiger charge is -2.14. The van der Waals surface area contributed by atoms with Crippen LogP contribution in [0.1, 0.15) is 24.1 Å². The van der Waals surface area contributed by atoms with Gasteiger partial charge in [0.2, 0.25) is 0 Å². The topological polar surface area (TPSA) is 42.7 Å². The van der Waals surface area contributed by atoms with E-state index in [1.165, 1.54) is 11.1 Å². The van der Waals surface area contributed by atoms with Crippen molar-refractivity contribution in [1.29, 1.82) is 0 Å². The Morgan fingerprint density at radius 2 is 2.29 bits per heavy atom. The molecule has 4 heteroatoms. The van der Waals surface area contributed by atoms with Crippen LogP contribution in [0.4, 0.5) is 0 Å². The van der Waals surface area contributed by atoms with E-state index in [4.69, 9.17) is 0 Å². The number of rotatable bonds is 5. The SMILES string of the molecule is Cc1cccc(C(C)NCCn2ccnn2)c1. The first kappa shape index (κ1) is 11.8. The van der Waals surface area contributed by atoms with Crippen LogP contribution in [0.15, 0.2) is 36.7 Å². The first-order valence-electron chi connectivity index (χ1n) is 5.90. The highest BCUT2D eigenvalue weighted by atomic mass is 15.4. The van der Waals surface area contributed by atoms with E-state index < -0.39 is 0 Å². The molecule has 0 saturated carbocycles. The summed E-state index contributed by atoms with van der Waals surface area (Å²) in [7, 11) is 0. The van der Waals surface area contributed by atoms with Crippen molar-refractivity contribution in [3.8, 4) is 0 Å². The summed E-state index contributed by atoms with van der Waals surface area (Å²) in [6, 6.07) is 8.94. The smallest absolute Gasteiger partial charge is 0.0692 e. The molecule has 0 amide bonds. The van der Waals surface area contributed by atoms with Gasteiger partial charge in [-0.15, -0.1) is 5.10 Å². The third-order valence-electron chi connectivity index (χ3n) is 2.81. The summed E-state index contributed by atoms with van der Waals surface area (Å²) in [6.45, 7) is 6.02. The van der Waals surface area contributed by atoms with Crippen LogP contribution in [0.25, 0.3) is 0 Å². The maximum absolute atomic E-state index is 3.93. The monoisotopic (exact) mass is 230 g/mol. The third kappa shape index (κ3) is 3.39. The molecule has 2 aromatic rings. The molecule has 4 nitrogen and oxygen atoms in total. The molecule has 0 aliphatic carbocycles. The highest BCUT2D eigenvalue weighted by molar-refractivity contribution is 5.24. The van der Waals surface area contributed by atoms with E-state index in [-0.39, 0.29) is 0 Å². The second-order valence-corrected chi connectivity index (χ2v) is 4.26. The van der Waals surface area contributed by atoms with Gasteiger partial charge in [0.15, 0.2) is 0 Å². The van der Waals surface area contributed by atoms with Gasteiger partial charge in [-0.3, -0.25) is 4.68 Å². The summed E-state index contributed by atoms with van der Waals surface area (Å²) in [5.41, 5.74) is 2.62. The van der Waals surface area contributed by atoms with Crippen molar-refractivity contribution in [2.75, 3.05) is 6.54 Å². The van der Waals surface area contributed by atoms with Gasteiger partial charge in [-0.05, 0) is 19.4 Å². The van der Waals surface area contributed by atoms with E-state index in [0.29, 0.717) is 6.04 Å². The molecule has 0 aliphatic heterocycles. The molecule has 1 heterocycles. The lowest BCUT2D eigenvalue weighted by Crippen LogP contribution is -2.23. The molecule has 0 aliphatic rings. The first-order chi connectivity index (χ1) is 8.25. The number of aryl methyl sites for hydroxylation is 1. The van der Waals surface area contributed by atoms with Crippen LogP contribution < -0.4 is 5.32 Å². The van der Waals surface area contributed by atoms with Crippen LogP contribution in [0.5, 0.6) is 0 Å². The average molecular weight is 230 g/mol. The van der Waals surface area contributed by atoms with Gasteiger partial charge >= 0.3 is 0 Å². The van der Waals surface area contributed by atoms with E-state index in [9.17, 15) is 0 Å². The second kappa shape index (κ2) is 5.59. The summed E-state index contributed by atoms with van der Waals surface area (Å²) < 4.78 is 1.83. The molecule has 2 rings (SSSR count). The number of hydrogen-bond donors (Lipinski definition) is 1. The molecule has 1 unspecified atom stereocenters. The maximum Gasteiger partial charge on any atom is 0.0692 e. The minimum Gasteiger partial charge on any atom is -0.308 e.